The quantitative estimate of drug-likeness (QED) is 0.541. The van der Waals surface area contributed by atoms with Gasteiger partial charge in [0.1, 0.15) is 0 Å². The molecule has 0 heterocycles. The van der Waals surface area contributed by atoms with Gasteiger partial charge < -0.3 is 0 Å². The third-order valence-corrected chi connectivity index (χ3v) is 1.94. The minimum Gasteiger partial charge on any atom is -0.258 e. The number of nitro benzene ring substituents is 1. The van der Waals surface area contributed by atoms with Gasteiger partial charge in [0, 0.05) is 11.6 Å². The summed E-state index contributed by atoms with van der Waals surface area (Å²) in [5, 5.41) is 10.6. The van der Waals surface area contributed by atoms with E-state index in [2.05, 4.69) is 6.92 Å². The molecule has 0 bridgehead atoms. The summed E-state index contributed by atoms with van der Waals surface area (Å²) >= 11 is 0. The molecule has 0 aliphatic carbocycles. The molecule has 0 saturated heterocycles. The van der Waals surface area contributed by atoms with Crippen LogP contribution in [0, 0.1) is 17.0 Å². The number of para-hydroxylation sites is 1. The lowest BCUT2D eigenvalue weighted by Crippen LogP contribution is -1.94. The van der Waals surface area contributed by atoms with Crippen LogP contribution in [-0.2, 0) is 6.42 Å². The maximum absolute atomic E-state index is 10.6. The first-order valence-corrected chi connectivity index (χ1v) is 4.42. The number of nitro groups is 1. The van der Waals surface area contributed by atoms with E-state index >= 15 is 0 Å². The molecule has 0 spiro atoms. The van der Waals surface area contributed by atoms with Crippen LogP contribution in [0.5, 0.6) is 0 Å². The van der Waals surface area contributed by atoms with Crippen molar-refractivity contribution in [3.63, 3.8) is 0 Å². The molecule has 0 unspecified atom stereocenters. The Kier molecular flexibility index (Phi) is 3.85. The van der Waals surface area contributed by atoms with Gasteiger partial charge in [0.25, 0.3) is 5.69 Å². The predicted molar refractivity (Wildman–Crippen MR) is 55.9 cm³/mol. The molecule has 0 saturated carbocycles. The van der Waals surface area contributed by atoms with Gasteiger partial charge in [0.2, 0.25) is 0 Å². The first-order valence-electron chi connectivity index (χ1n) is 4.42. The van der Waals surface area contributed by atoms with Crippen molar-refractivity contribution in [1.82, 2.24) is 0 Å². The molecular weight excluding hydrogens is 178 g/mol. The molecule has 0 atom stereocenters. The van der Waals surface area contributed by atoms with Crippen LogP contribution >= 0.6 is 0 Å². The number of aryl methyl sites for hydroxylation is 1. The Labute approximate surface area is 83.2 Å². The van der Waals surface area contributed by atoms with Gasteiger partial charge in [0.15, 0.2) is 0 Å². The largest absolute Gasteiger partial charge is 0.272 e. The fourth-order valence-electron chi connectivity index (χ4n) is 1.26. The van der Waals surface area contributed by atoms with E-state index in [-0.39, 0.29) is 10.6 Å². The lowest BCUT2D eigenvalue weighted by atomic mass is 10.1. The van der Waals surface area contributed by atoms with Crippen LogP contribution < -0.4 is 0 Å². The maximum Gasteiger partial charge on any atom is 0.272 e. The van der Waals surface area contributed by atoms with E-state index in [9.17, 15) is 10.1 Å². The first kappa shape index (κ1) is 10.4. The van der Waals surface area contributed by atoms with E-state index in [0.29, 0.717) is 6.42 Å². The third kappa shape index (κ3) is 2.69. The van der Waals surface area contributed by atoms with Gasteiger partial charge in [-0.15, -0.1) is 0 Å². The van der Waals surface area contributed by atoms with Crippen molar-refractivity contribution in [2.75, 3.05) is 0 Å². The van der Waals surface area contributed by atoms with Crippen LogP contribution in [0.3, 0.4) is 0 Å². The molecule has 0 fully saturated rings. The SMILES string of the molecule is [CH2]/C=C/CCc1ccccc1[N+](=O)[O-]. The van der Waals surface area contributed by atoms with Crippen molar-refractivity contribution in [3.05, 3.63) is 59.0 Å². The highest BCUT2D eigenvalue weighted by Crippen LogP contribution is 2.18. The fourth-order valence-corrected chi connectivity index (χ4v) is 1.26. The molecule has 0 amide bonds. The first-order chi connectivity index (χ1) is 6.75. The van der Waals surface area contributed by atoms with Crippen LogP contribution in [0.2, 0.25) is 0 Å². The average Bonchev–Trinajstić information content (AvgIpc) is 2.19. The summed E-state index contributed by atoms with van der Waals surface area (Å²) in [6, 6.07) is 6.81. The Morgan fingerprint density at radius 3 is 2.79 bits per heavy atom. The molecule has 1 aromatic rings. The van der Waals surface area contributed by atoms with E-state index in [1.165, 1.54) is 6.07 Å². The van der Waals surface area contributed by atoms with Crippen molar-refractivity contribution in [3.8, 4) is 0 Å². The zero-order valence-electron chi connectivity index (χ0n) is 7.85. The summed E-state index contributed by atoms with van der Waals surface area (Å²) < 4.78 is 0. The molecule has 1 rings (SSSR count). The molecule has 3 nitrogen and oxygen atoms in total. The maximum atomic E-state index is 10.6. The van der Waals surface area contributed by atoms with Gasteiger partial charge in [-0.05, 0) is 19.8 Å². The fraction of sp³-hybridized carbons (Fsp3) is 0.182. The van der Waals surface area contributed by atoms with E-state index in [0.717, 1.165) is 12.0 Å². The molecule has 14 heavy (non-hydrogen) atoms. The summed E-state index contributed by atoms with van der Waals surface area (Å²) in [6.45, 7) is 3.56. The number of rotatable bonds is 4. The summed E-state index contributed by atoms with van der Waals surface area (Å²) in [6.07, 6.45) is 5.07. The molecule has 3 heteroatoms. The summed E-state index contributed by atoms with van der Waals surface area (Å²) in [4.78, 5) is 10.3. The number of benzene rings is 1. The van der Waals surface area contributed by atoms with Crippen LogP contribution in [0.25, 0.3) is 0 Å². The van der Waals surface area contributed by atoms with Crippen LogP contribution in [-0.4, -0.2) is 4.92 Å². The van der Waals surface area contributed by atoms with E-state index in [1.54, 1.807) is 18.2 Å². The lowest BCUT2D eigenvalue weighted by molar-refractivity contribution is -0.385. The predicted octanol–water partition coefficient (Wildman–Crippen LogP) is 2.92. The van der Waals surface area contributed by atoms with Gasteiger partial charge in [-0.1, -0.05) is 30.4 Å². The molecule has 1 aromatic carbocycles. The van der Waals surface area contributed by atoms with Gasteiger partial charge in [-0.25, -0.2) is 0 Å². The number of hydrogen-bond donors (Lipinski definition) is 0. The van der Waals surface area contributed by atoms with Crippen molar-refractivity contribution >= 4 is 5.69 Å². The van der Waals surface area contributed by atoms with Crippen LogP contribution in [0.15, 0.2) is 36.4 Å². The molecular formula is C11H12NO2. The molecule has 0 aromatic heterocycles. The summed E-state index contributed by atoms with van der Waals surface area (Å²) in [5.41, 5.74) is 0.973. The molecule has 73 valence electrons. The van der Waals surface area contributed by atoms with Crippen LogP contribution in [0.1, 0.15) is 12.0 Å². The topological polar surface area (TPSA) is 43.1 Å². The molecule has 0 N–H and O–H groups in total. The smallest absolute Gasteiger partial charge is 0.258 e. The minimum absolute atomic E-state index is 0.199. The van der Waals surface area contributed by atoms with Crippen LogP contribution in [0.4, 0.5) is 5.69 Å². The highest BCUT2D eigenvalue weighted by atomic mass is 16.6. The van der Waals surface area contributed by atoms with E-state index in [1.807, 2.05) is 12.1 Å². The number of nitrogens with zero attached hydrogens (tertiary/aromatic N) is 1. The molecule has 0 aliphatic heterocycles. The van der Waals surface area contributed by atoms with Gasteiger partial charge in [-0.3, -0.25) is 10.1 Å². The number of allylic oxidation sites excluding steroid dienone is 2. The van der Waals surface area contributed by atoms with Gasteiger partial charge in [-0.2, -0.15) is 0 Å². The van der Waals surface area contributed by atoms with Crippen molar-refractivity contribution in [1.29, 1.82) is 0 Å². The second kappa shape index (κ2) is 5.17. The van der Waals surface area contributed by atoms with E-state index < -0.39 is 0 Å². The second-order valence-electron chi connectivity index (χ2n) is 2.90. The highest BCUT2D eigenvalue weighted by Gasteiger charge is 2.10. The Morgan fingerprint density at radius 1 is 1.43 bits per heavy atom. The normalized spacial score (nSPS) is 10.6. The lowest BCUT2D eigenvalue weighted by Gasteiger charge is -1.99. The van der Waals surface area contributed by atoms with Crippen molar-refractivity contribution in [2.24, 2.45) is 0 Å². The highest BCUT2D eigenvalue weighted by molar-refractivity contribution is 5.39. The Bertz CT molecular complexity index is 345. The van der Waals surface area contributed by atoms with Crippen molar-refractivity contribution < 1.29 is 4.92 Å². The van der Waals surface area contributed by atoms with Crippen molar-refractivity contribution in [2.45, 2.75) is 12.8 Å². The Morgan fingerprint density at radius 2 is 2.14 bits per heavy atom. The second-order valence-corrected chi connectivity index (χ2v) is 2.90. The monoisotopic (exact) mass is 190 g/mol. The molecule has 1 radical (unpaired) electrons. The number of hydrogen-bond acceptors (Lipinski definition) is 2. The van der Waals surface area contributed by atoms with Gasteiger partial charge in [0.05, 0.1) is 4.92 Å². The average molecular weight is 190 g/mol. The minimum atomic E-state index is -0.344. The van der Waals surface area contributed by atoms with Gasteiger partial charge >= 0.3 is 0 Å². The zero-order valence-corrected chi connectivity index (χ0v) is 7.85. The molecule has 0 aliphatic rings. The zero-order chi connectivity index (χ0) is 10.4. The summed E-state index contributed by atoms with van der Waals surface area (Å²) in [7, 11) is 0. The summed E-state index contributed by atoms with van der Waals surface area (Å²) in [5.74, 6) is 0. The third-order valence-electron chi connectivity index (χ3n) is 1.94. The standard InChI is InChI=1S/C11H12NO2/c1-2-3-4-7-10-8-5-6-9-11(10)12(13)14/h2-3,5-6,8-9H,1,4,7H2/b3-2+. The Hall–Kier alpha value is -1.64. The Balaban J connectivity index is 2.79. The van der Waals surface area contributed by atoms with E-state index in [4.69, 9.17) is 0 Å².